The fourth-order valence-corrected chi connectivity index (χ4v) is 4.03. The molecule has 2 rings (SSSR count). The minimum absolute atomic E-state index is 0.140. The maximum Gasteiger partial charge on any atom is 0.321 e. The number of benzene rings is 1. The lowest BCUT2D eigenvalue weighted by Gasteiger charge is -2.44. The highest BCUT2D eigenvalue weighted by molar-refractivity contribution is 7.99. The molecule has 1 aromatic carbocycles. The minimum atomic E-state index is -0.681. The van der Waals surface area contributed by atoms with Crippen molar-refractivity contribution in [1.29, 1.82) is 0 Å². The van der Waals surface area contributed by atoms with Crippen LogP contribution in [0.5, 0.6) is 0 Å². The van der Waals surface area contributed by atoms with Crippen molar-refractivity contribution in [2.45, 2.75) is 44.6 Å². The van der Waals surface area contributed by atoms with Gasteiger partial charge in [0.05, 0.1) is 0 Å². The summed E-state index contributed by atoms with van der Waals surface area (Å²) in [5.74, 6) is 0.253. The third kappa shape index (κ3) is 4.24. The van der Waals surface area contributed by atoms with Gasteiger partial charge in [-0.15, -0.1) is 11.8 Å². The van der Waals surface area contributed by atoms with E-state index >= 15 is 0 Å². The third-order valence-electron chi connectivity index (χ3n) is 4.27. The molecule has 1 aromatic rings. The largest absolute Gasteiger partial charge is 0.480 e. The summed E-state index contributed by atoms with van der Waals surface area (Å²) in [6.45, 7) is 7.96. The van der Waals surface area contributed by atoms with E-state index in [-0.39, 0.29) is 11.5 Å². The number of hydrogen-bond acceptors (Lipinski definition) is 3. The first kappa shape index (κ1) is 16.4. The number of piperidine rings is 1. The van der Waals surface area contributed by atoms with Crippen molar-refractivity contribution in [3.8, 4) is 0 Å². The first-order valence-electron chi connectivity index (χ1n) is 7.56. The van der Waals surface area contributed by atoms with Gasteiger partial charge in [0.25, 0.3) is 0 Å². The Hall–Kier alpha value is -1.00. The second-order valence-corrected chi connectivity index (χ2v) is 7.70. The predicted octanol–water partition coefficient (Wildman–Crippen LogP) is 3.66. The van der Waals surface area contributed by atoms with Gasteiger partial charge in [-0.1, -0.05) is 31.5 Å². The number of thioether (sulfide) groups is 1. The molecule has 1 fully saturated rings. The van der Waals surface area contributed by atoms with E-state index in [1.54, 1.807) is 11.8 Å². The summed E-state index contributed by atoms with van der Waals surface area (Å²) >= 11 is 1.80. The van der Waals surface area contributed by atoms with E-state index in [0.29, 0.717) is 0 Å². The normalized spacial score (nSPS) is 22.1. The van der Waals surface area contributed by atoms with Crippen molar-refractivity contribution in [2.24, 2.45) is 5.41 Å². The quantitative estimate of drug-likeness (QED) is 0.843. The predicted molar refractivity (Wildman–Crippen MR) is 87.9 cm³/mol. The van der Waals surface area contributed by atoms with Crippen LogP contribution in [0.1, 0.15) is 32.3 Å². The average Bonchev–Trinajstić information content (AvgIpc) is 2.39. The number of rotatable bonds is 5. The van der Waals surface area contributed by atoms with E-state index in [1.807, 2.05) is 0 Å². The van der Waals surface area contributed by atoms with Crippen molar-refractivity contribution < 1.29 is 9.90 Å². The van der Waals surface area contributed by atoms with Gasteiger partial charge in [-0.25, -0.2) is 0 Å². The average molecular weight is 307 g/mol. The Bertz CT molecular complexity index is 484. The van der Waals surface area contributed by atoms with E-state index in [9.17, 15) is 9.90 Å². The highest BCUT2D eigenvalue weighted by Gasteiger charge is 2.41. The van der Waals surface area contributed by atoms with Crippen LogP contribution in [0, 0.1) is 12.3 Å². The molecule has 0 aromatic heterocycles. The molecule has 1 N–H and O–H groups in total. The zero-order chi connectivity index (χ0) is 15.5. The van der Waals surface area contributed by atoms with Crippen LogP contribution in [-0.2, 0) is 4.79 Å². The molecule has 116 valence electrons. The molecule has 0 radical (unpaired) electrons. The first-order chi connectivity index (χ1) is 9.90. The molecule has 4 heteroatoms. The zero-order valence-corrected chi connectivity index (χ0v) is 13.9. The van der Waals surface area contributed by atoms with Crippen LogP contribution in [0.2, 0.25) is 0 Å². The number of likely N-dealkylation sites (tertiary alicyclic amines) is 1. The molecule has 0 amide bonds. The van der Waals surface area contributed by atoms with Gasteiger partial charge in [0.15, 0.2) is 0 Å². The Balaban J connectivity index is 1.91. The third-order valence-corrected chi connectivity index (χ3v) is 5.27. The molecule has 0 bridgehead atoms. The highest BCUT2D eigenvalue weighted by atomic mass is 32.2. The Morgan fingerprint density at radius 1 is 1.38 bits per heavy atom. The van der Waals surface area contributed by atoms with Gasteiger partial charge in [-0.3, -0.25) is 9.69 Å². The summed E-state index contributed by atoms with van der Waals surface area (Å²) in [6, 6.07) is 8.15. The fraction of sp³-hybridized carbons (Fsp3) is 0.588. The molecule has 0 aliphatic carbocycles. The van der Waals surface area contributed by atoms with E-state index in [1.165, 1.54) is 10.5 Å². The Kier molecular flexibility index (Phi) is 5.33. The molecule has 1 atom stereocenters. The molecular weight excluding hydrogens is 282 g/mol. The molecular formula is C17H25NO2S. The van der Waals surface area contributed by atoms with Gasteiger partial charge in [0.1, 0.15) is 6.04 Å². The monoisotopic (exact) mass is 307 g/mol. The van der Waals surface area contributed by atoms with E-state index in [0.717, 1.165) is 31.7 Å². The number of aliphatic carboxylic acids is 1. The second-order valence-electron chi connectivity index (χ2n) is 6.53. The lowest BCUT2D eigenvalue weighted by Crippen LogP contribution is -2.54. The lowest BCUT2D eigenvalue weighted by atomic mass is 9.76. The molecule has 0 spiro atoms. The van der Waals surface area contributed by atoms with Crippen LogP contribution in [0.4, 0.5) is 0 Å². The molecule has 3 nitrogen and oxygen atoms in total. The van der Waals surface area contributed by atoms with Crippen molar-refractivity contribution >= 4 is 17.7 Å². The summed E-state index contributed by atoms with van der Waals surface area (Å²) in [7, 11) is 0. The van der Waals surface area contributed by atoms with Crippen molar-refractivity contribution in [1.82, 2.24) is 4.90 Å². The van der Waals surface area contributed by atoms with E-state index in [2.05, 4.69) is 49.9 Å². The maximum absolute atomic E-state index is 11.6. The molecule has 21 heavy (non-hydrogen) atoms. The first-order valence-corrected chi connectivity index (χ1v) is 8.55. The topological polar surface area (TPSA) is 40.5 Å². The van der Waals surface area contributed by atoms with Gasteiger partial charge >= 0.3 is 5.97 Å². The molecule has 1 saturated heterocycles. The summed E-state index contributed by atoms with van der Waals surface area (Å²) in [6.07, 6.45) is 2.08. The van der Waals surface area contributed by atoms with Crippen LogP contribution in [-0.4, -0.2) is 40.9 Å². The van der Waals surface area contributed by atoms with Crippen LogP contribution >= 0.6 is 11.8 Å². The van der Waals surface area contributed by atoms with Crippen molar-refractivity contribution in [3.63, 3.8) is 0 Å². The highest BCUT2D eigenvalue weighted by Crippen LogP contribution is 2.35. The van der Waals surface area contributed by atoms with Crippen LogP contribution in [0.15, 0.2) is 29.2 Å². The van der Waals surface area contributed by atoms with Gasteiger partial charge in [-0.2, -0.15) is 0 Å². The lowest BCUT2D eigenvalue weighted by molar-refractivity contribution is -0.150. The Morgan fingerprint density at radius 2 is 2.05 bits per heavy atom. The maximum atomic E-state index is 11.6. The summed E-state index contributed by atoms with van der Waals surface area (Å²) in [5, 5.41) is 9.54. The summed E-state index contributed by atoms with van der Waals surface area (Å²) in [4.78, 5) is 15.0. The van der Waals surface area contributed by atoms with Gasteiger partial charge in [0.2, 0.25) is 0 Å². The van der Waals surface area contributed by atoms with Crippen LogP contribution in [0.3, 0.4) is 0 Å². The Labute approximate surface area is 131 Å². The molecule has 1 aliphatic rings. The van der Waals surface area contributed by atoms with Crippen molar-refractivity contribution in [3.05, 3.63) is 29.8 Å². The number of carboxylic acids is 1. The fourth-order valence-electron chi connectivity index (χ4n) is 3.14. The number of aryl methyl sites for hydroxylation is 1. The zero-order valence-electron chi connectivity index (χ0n) is 13.1. The van der Waals surface area contributed by atoms with Crippen LogP contribution < -0.4 is 0 Å². The van der Waals surface area contributed by atoms with E-state index in [4.69, 9.17) is 0 Å². The SMILES string of the molecule is Cc1ccc(SCCN2CCCC(C)(C)C2C(=O)O)cc1. The second kappa shape index (κ2) is 6.84. The molecule has 1 unspecified atom stereocenters. The molecule has 0 saturated carbocycles. The number of hydrogen-bond donors (Lipinski definition) is 1. The van der Waals surface area contributed by atoms with Gasteiger partial charge < -0.3 is 5.11 Å². The van der Waals surface area contributed by atoms with Crippen LogP contribution in [0.25, 0.3) is 0 Å². The summed E-state index contributed by atoms with van der Waals surface area (Å²) < 4.78 is 0. The standard InChI is InChI=1S/C17H25NO2S/c1-13-5-7-14(8-6-13)21-12-11-18-10-4-9-17(2,3)15(18)16(19)20/h5-8,15H,4,9-12H2,1-3H3,(H,19,20). The number of carbonyl (C=O) groups is 1. The smallest absolute Gasteiger partial charge is 0.321 e. The van der Waals surface area contributed by atoms with Gasteiger partial charge in [0, 0.05) is 17.2 Å². The number of carboxylic acid groups (broad SMARTS) is 1. The van der Waals surface area contributed by atoms with Gasteiger partial charge in [-0.05, 0) is 43.9 Å². The Morgan fingerprint density at radius 3 is 2.67 bits per heavy atom. The molecule has 1 aliphatic heterocycles. The minimum Gasteiger partial charge on any atom is -0.480 e. The molecule has 1 heterocycles. The van der Waals surface area contributed by atoms with Crippen molar-refractivity contribution in [2.75, 3.05) is 18.8 Å². The number of nitrogens with zero attached hydrogens (tertiary/aromatic N) is 1. The summed E-state index contributed by atoms with van der Waals surface area (Å²) in [5.41, 5.74) is 1.13. The van der Waals surface area contributed by atoms with E-state index < -0.39 is 5.97 Å².